The normalized spacial score (nSPS) is 9.64. The van der Waals surface area contributed by atoms with Gasteiger partial charge in [0, 0.05) is 6.08 Å². The van der Waals surface area contributed by atoms with Crippen molar-refractivity contribution in [2.75, 3.05) is 14.2 Å². The molecule has 0 amide bonds. The van der Waals surface area contributed by atoms with Crippen molar-refractivity contribution in [2.45, 2.75) is 6.42 Å². The molecule has 0 aliphatic rings. The first-order valence-electron chi connectivity index (χ1n) is 2.99. The highest BCUT2D eigenvalue weighted by Gasteiger charge is 2.04. The van der Waals surface area contributed by atoms with E-state index in [4.69, 9.17) is 0 Å². The zero-order chi connectivity index (χ0) is 8.69. The molecule has 0 aliphatic heterocycles. The lowest BCUT2D eigenvalue weighted by Crippen LogP contribution is -2.06. The lowest BCUT2D eigenvalue weighted by atomic mass is 10.3. The van der Waals surface area contributed by atoms with Gasteiger partial charge >= 0.3 is 5.97 Å². The molecule has 0 heterocycles. The Labute approximate surface area is 64.8 Å². The quantitative estimate of drug-likeness (QED) is 0.255. The molecule has 62 valence electrons. The van der Waals surface area contributed by atoms with Crippen LogP contribution < -0.4 is 0 Å². The van der Waals surface area contributed by atoms with Crippen molar-refractivity contribution < 1.29 is 19.1 Å². The van der Waals surface area contributed by atoms with Gasteiger partial charge in [-0.2, -0.15) is 0 Å². The van der Waals surface area contributed by atoms with Crippen LogP contribution in [0, 0.1) is 0 Å². The molecule has 0 aromatic rings. The molecule has 11 heavy (non-hydrogen) atoms. The fourth-order valence-corrected chi connectivity index (χ4v) is 0.417. The number of hydrogen-bond donors (Lipinski definition) is 0. The van der Waals surface area contributed by atoms with Crippen molar-refractivity contribution in [3.8, 4) is 0 Å². The summed E-state index contributed by atoms with van der Waals surface area (Å²) in [6.45, 7) is 0. The maximum atomic E-state index is 10.7. The summed E-state index contributed by atoms with van der Waals surface area (Å²) in [4.78, 5) is 21.2. The van der Waals surface area contributed by atoms with Gasteiger partial charge in [0.05, 0.1) is 20.5 Å². The highest BCUT2D eigenvalue weighted by atomic mass is 16.5. The van der Waals surface area contributed by atoms with Crippen LogP contribution in [-0.4, -0.2) is 26.0 Å². The number of ketones is 1. The predicted octanol–water partition coefficient (Wildman–Crippen LogP) is 0.279. The standard InChI is InChI=1S/C7H10O4/c1-10-4-3-6(8)5-7(9)11-2/h3-4H,5H2,1-2H3. The third-order valence-corrected chi connectivity index (χ3v) is 0.936. The van der Waals surface area contributed by atoms with E-state index in [2.05, 4.69) is 9.47 Å². The summed E-state index contributed by atoms with van der Waals surface area (Å²) in [5.41, 5.74) is 0. The minimum atomic E-state index is -0.546. The molecular formula is C7H10O4. The molecule has 0 bridgehead atoms. The molecule has 0 aromatic carbocycles. The van der Waals surface area contributed by atoms with Gasteiger partial charge in [0.25, 0.3) is 0 Å². The van der Waals surface area contributed by atoms with Gasteiger partial charge in [0.1, 0.15) is 6.42 Å². The Kier molecular flexibility index (Phi) is 4.81. The summed E-state index contributed by atoms with van der Waals surface area (Å²) in [5, 5.41) is 0. The van der Waals surface area contributed by atoms with Crippen LogP contribution in [0.25, 0.3) is 0 Å². The first-order chi connectivity index (χ1) is 5.20. The van der Waals surface area contributed by atoms with Crippen LogP contribution >= 0.6 is 0 Å². The second kappa shape index (κ2) is 5.46. The number of allylic oxidation sites excluding steroid dienone is 1. The molecule has 0 aromatic heterocycles. The fourth-order valence-electron chi connectivity index (χ4n) is 0.417. The first-order valence-corrected chi connectivity index (χ1v) is 2.99. The van der Waals surface area contributed by atoms with E-state index in [-0.39, 0.29) is 12.2 Å². The van der Waals surface area contributed by atoms with Gasteiger partial charge in [-0.3, -0.25) is 9.59 Å². The number of rotatable bonds is 4. The Morgan fingerprint density at radius 1 is 1.36 bits per heavy atom. The lowest BCUT2D eigenvalue weighted by molar-refractivity contribution is -0.142. The highest BCUT2D eigenvalue weighted by Crippen LogP contribution is 1.88. The molecule has 0 atom stereocenters. The molecular weight excluding hydrogens is 148 g/mol. The number of esters is 1. The van der Waals surface area contributed by atoms with Crippen LogP contribution in [0.15, 0.2) is 12.3 Å². The van der Waals surface area contributed by atoms with Crippen molar-refractivity contribution in [2.24, 2.45) is 0 Å². The molecule has 0 saturated carbocycles. The third kappa shape index (κ3) is 5.14. The number of methoxy groups -OCH3 is 2. The zero-order valence-corrected chi connectivity index (χ0v) is 6.49. The maximum Gasteiger partial charge on any atom is 0.313 e. The van der Waals surface area contributed by atoms with Crippen molar-refractivity contribution in [1.29, 1.82) is 0 Å². The number of hydrogen-bond acceptors (Lipinski definition) is 4. The van der Waals surface area contributed by atoms with Crippen molar-refractivity contribution in [3.63, 3.8) is 0 Å². The van der Waals surface area contributed by atoms with Gasteiger partial charge in [0.2, 0.25) is 0 Å². The molecule has 0 unspecified atom stereocenters. The second-order valence-electron chi connectivity index (χ2n) is 1.76. The smallest absolute Gasteiger partial charge is 0.313 e. The Hall–Kier alpha value is -1.32. The molecule has 0 saturated heterocycles. The van der Waals surface area contributed by atoms with Crippen LogP contribution in [0.2, 0.25) is 0 Å². The van der Waals surface area contributed by atoms with Crippen LogP contribution in [0.4, 0.5) is 0 Å². The monoisotopic (exact) mass is 158 g/mol. The second-order valence-corrected chi connectivity index (χ2v) is 1.76. The molecule has 0 N–H and O–H groups in total. The highest BCUT2D eigenvalue weighted by molar-refractivity contribution is 6.01. The Balaban J connectivity index is 3.69. The molecule has 0 fully saturated rings. The van der Waals surface area contributed by atoms with Crippen molar-refractivity contribution in [3.05, 3.63) is 12.3 Å². The molecule has 4 nitrogen and oxygen atoms in total. The summed E-state index contributed by atoms with van der Waals surface area (Å²) in [6, 6.07) is 0. The molecule has 0 aliphatic carbocycles. The van der Waals surface area contributed by atoms with E-state index < -0.39 is 5.97 Å². The predicted molar refractivity (Wildman–Crippen MR) is 37.8 cm³/mol. The summed E-state index contributed by atoms with van der Waals surface area (Å²) in [7, 11) is 2.65. The molecule has 4 heteroatoms. The summed E-state index contributed by atoms with van der Waals surface area (Å²) >= 11 is 0. The summed E-state index contributed by atoms with van der Waals surface area (Å²) in [5.74, 6) is -0.880. The topological polar surface area (TPSA) is 52.6 Å². The average molecular weight is 158 g/mol. The van der Waals surface area contributed by atoms with E-state index in [1.165, 1.54) is 26.6 Å². The van der Waals surface area contributed by atoms with E-state index in [1.807, 2.05) is 0 Å². The van der Waals surface area contributed by atoms with Gasteiger partial charge < -0.3 is 9.47 Å². The summed E-state index contributed by atoms with van der Waals surface area (Å²) in [6.07, 6.45) is 2.15. The van der Waals surface area contributed by atoms with Crippen molar-refractivity contribution >= 4 is 11.8 Å². The Bertz CT molecular complexity index is 171. The van der Waals surface area contributed by atoms with Crippen LogP contribution in [0.1, 0.15) is 6.42 Å². The summed E-state index contributed by atoms with van der Waals surface area (Å²) < 4.78 is 8.74. The van der Waals surface area contributed by atoms with Gasteiger partial charge in [-0.25, -0.2) is 0 Å². The van der Waals surface area contributed by atoms with E-state index in [0.29, 0.717) is 0 Å². The fraction of sp³-hybridized carbons (Fsp3) is 0.429. The molecule has 0 radical (unpaired) electrons. The van der Waals surface area contributed by atoms with Crippen molar-refractivity contribution in [1.82, 2.24) is 0 Å². The zero-order valence-electron chi connectivity index (χ0n) is 6.49. The Morgan fingerprint density at radius 3 is 2.45 bits per heavy atom. The van der Waals surface area contributed by atoms with E-state index in [0.717, 1.165) is 0 Å². The molecule has 0 rings (SSSR count). The SMILES string of the molecule is COC=CC(=O)CC(=O)OC. The minimum Gasteiger partial charge on any atom is -0.504 e. The van der Waals surface area contributed by atoms with Gasteiger partial charge in [-0.1, -0.05) is 0 Å². The van der Waals surface area contributed by atoms with Crippen LogP contribution in [-0.2, 0) is 19.1 Å². The van der Waals surface area contributed by atoms with E-state index in [1.54, 1.807) is 0 Å². The lowest BCUT2D eigenvalue weighted by Gasteiger charge is -1.93. The minimum absolute atomic E-state index is 0.240. The van der Waals surface area contributed by atoms with Gasteiger partial charge in [-0.15, -0.1) is 0 Å². The number of ether oxygens (including phenoxy) is 2. The third-order valence-electron chi connectivity index (χ3n) is 0.936. The van der Waals surface area contributed by atoms with Gasteiger partial charge in [0.15, 0.2) is 5.78 Å². The van der Waals surface area contributed by atoms with Gasteiger partial charge in [-0.05, 0) is 0 Å². The van der Waals surface area contributed by atoms with E-state index >= 15 is 0 Å². The molecule has 0 spiro atoms. The Morgan fingerprint density at radius 2 is 2.00 bits per heavy atom. The maximum absolute atomic E-state index is 10.7. The van der Waals surface area contributed by atoms with Crippen LogP contribution in [0.3, 0.4) is 0 Å². The van der Waals surface area contributed by atoms with Crippen LogP contribution in [0.5, 0.6) is 0 Å². The first kappa shape index (κ1) is 9.68. The van der Waals surface area contributed by atoms with E-state index in [9.17, 15) is 9.59 Å². The number of carbonyl (C=O) groups is 2. The number of carbonyl (C=O) groups excluding carboxylic acids is 2. The average Bonchev–Trinajstić information content (AvgIpc) is 2.00. The largest absolute Gasteiger partial charge is 0.504 e.